The van der Waals surface area contributed by atoms with Gasteiger partial charge in [0.2, 0.25) is 0 Å². The fourth-order valence-corrected chi connectivity index (χ4v) is 3.59. The minimum Gasteiger partial charge on any atom is -0.323 e. The van der Waals surface area contributed by atoms with Gasteiger partial charge in [0.15, 0.2) is 5.65 Å². The van der Waals surface area contributed by atoms with Gasteiger partial charge in [-0.2, -0.15) is 10.4 Å². The molecule has 3 heterocycles. The molecule has 0 unspecified atom stereocenters. The van der Waals surface area contributed by atoms with Crippen molar-refractivity contribution >= 4 is 32.6 Å². The smallest absolute Gasteiger partial charge is 0.291 e. The summed E-state index contributed by atoms with van der Waals surface area (Å²) in [4.78, 5) is 17.1. The lowest BCUT2D eigenvalue weighted by atomic mass is 10.1. The molecule has 1 aromatic carbocycles. The number of hydrogen-bond acceptors (Lipinski definition) is 5. The maximum atomic E-state index is 12.8. The lowest BCUT2D eigenvalue weighted by molar-refractivity contribution is 0.644. The first-order valence-electron chi connectivity index (χ1n) is 6.96. The van der Waals surface area contributed by atoms with Crippen LogP contribution in [0.5, 0.6) is 0 Å². The van der Waals surface area contributed by atoms with Crippen LogP contribution in [0.3, 0.4) is 0 Å². The van der Waals surface area contributed by atoms with E-state index in [-0.39, 0.29) is 5.56 Å². The minimum atomic E-state index is -0.155. The molecule has 0 saturated heterocycles. The average molecular weight is 321 g/mol. The van der Waals surface area contributed by atoms with Crippen LogP contribution in [0.4, 0.5) is 0 Å². The van der Waals surface area contributed by atoms with E-state index in [1.165, 1.54) is 16.0 Å². The third kappa shape index (κ3) is 2.04. The van der Waals surface area contributed by atoms with Crippen molar-refractivity contribution in [2.24, 2.45) is 7.05 Å². The Balaban J connectivity index is 1.88. The zero-order chi connectivity index (χ0) is 16.0. The first-order valence-corrected chi connectivity index (χ1v) is 7.84. The molecular formula is C16H11N5OS. The molecule has 0 aliphatic rings. The van der Waals surface area contributed by atoms with Gasteiger partial charge in [-0.1, -0.05) is 12.1 Å². The molecule has 0 aliphatic carbocycles. The second-order valence-corrected chi connectivity index (χ2v) is 6.10. The predicted molar refractivity (Wildman–Crippen MR) is 88.4 cm³/mol. The number of fused-ring (bicyclic) bond motifs is 3. The molecule has 0 spiro atoms. The molecule has 0 saturated carbocycles. The van der Waals surface area contributed by atoms with Crippen LogP contribution >= 0.6 is 11.3 Å². The van der Waals surface area contributed by atoms with Crippen LogP contribution in [0.15, 0.2) is 40.8 Å². The van der Waals surface area contributed by atoms with Crippen molar-refractivity contribution in [3.63, 3.8) is 0 Å². The van der Waals surface area contributed by atoms with Gasteiger partial charge in [-0.25, -0.2) is 9.67 Å². The zero-order valence-electron chi connectivity index (χ0n) is 12.2. The van der Waals surface area contributed by atoms with E-state index in [0.29, 0.717) is 17.6 Å². The maximum Gasteiger partial charge on any atom is 0.291 e. The third-order valence-corrected chi connectivity index (χ3v) is 4.70. The average Bonchev–Trinajstić information content (AvgIpc) is 3.14. The summed E-state index contributed by atoms with van der Waals surface area (Å²) in [5, 5.41) is 14.1. The van der Waals surface area contributed by atoms with E-state index in [4.69, 9.17) is 5.26 Å². The summed E-state index contributed by atoms with van der Waals surface area (Å²) in [6, 6.07) is 9.29. The van der Waals surface area contributed by atoms with Gasteiger partial charge in [-0.15, -0.1) is 11.3 Å². The van der Waals surface area contributed by atoms with Crippen molar-refractivity contribution in [2.45, 2.75) is 6.54 Å². The van der Waals surface area contributed by atoms with E-state index < -0.39 is 0 Å². The van der Waals surface area contributed by atoms with E-state index in [0.717, 1.165) is 21.3 Å². The van der Waals surface area contributed by atoms with Crippen LogP contribution in [-0.4, -0.2) is 19.3 Å². The standard InChI is InChI=1S/C16H11N5OS/c1-20-13-12(14-15(20)18-9-23-14)7-19-21(16(13)22)8-11-4-2-3-10(5-11)6-17/h2-5,7,9H,8H2,1H3. The summed E-state index contributed by atoms with van der Waals surface area (Å²) in [5.41, 5.74) is 4.45. The highest BCUT2D eigenvalue weighted by molar-refractivity contribution is 7.17. The fourth-order valence-electron chi connectivity index (χ4n) is 2.76. The Hall–Kier alpha value is -2.98. The lowest BCUT2D eigenvalue weighted by Gasteiger charge is -2.06. The Morgan fingerprint density at radius 2 is 2.26 bits per heavy atom. The van der Waals surface area contributed by atoms with Crippen LogP contribution in [0.2, 0.25) is 0 Å². The number of nitrogens with zero attached hydrogens (tertiary/aromatic N) is 5. The molecule has 6 nitrogen and oxygen atoms in total. The molecule has 0 aliphatic heterocycles. The molecule has 3 aromatic heterocycles. The molecule has 112 valence electrons. The normalized spacial score (nSPS) is 11.1. The van der Waals surface area contributed by atoms with Crippen LogP contribution in [0.25, 0.3) is 21.3 Å². The Bertz CT molecular complexity index is 1140. The summed E-state index contributed by atoms with van der Waals surface area (Å²) in [6.07, 6.45) is 1.71. The van der Waals surface area contributed by atoms with Crippen molar-refractivity contribution < 1.29 is 0 Å². The zero-order valence-corrected chi connectivity index (χ0v) is 13.0. The Labute approximate surface area is 134 Å². The number of aromatic nitrogens is 4. The van der Waals surface area contributed by atoms with Crippen LogP contribution < -0.4 is 5.56 Å². The molecule has 0 amide bonds. The molecule has 7 heteroatoms. The van der Waals surface area contributed by atoms with Gasteiger partial charge in [-0.3, -0.25) is 4.79 Å². The van der Waals surface area contributed by atoms with E-state index >= 15 is 0 Å². The van der Waals surface area contributed by atoms with E-state index in [2.05, 4.69) is 16.2 Å². The molecule has 4 rings (SSSR count). The fraction of sp³-hybridized carbons (Fsp3) is 0.125. The van der Waals surface area contributed by atoms with Gasteiger partial charge in [-0.05, 0) is 17.7 Å². The van der Waals surface area contributed by atoms with Crippen molar-refractivity contribution in [1.29, 1.82) is 5.26 Å². The van der Waals surface area contributed by atoms with Gasteiger partial charge in [0.05, 0.1) is 34.6 Å². The Morgan fingerprint density at radius 1 is 1.39 bits per heavy atom. The summed E-state index contributed by atoms with van der Waals surface area (Å²) in [6.45, 7) is 0.330. The van der Waals surface area contributed by atoms with Crippen molar-refractivity contribution in [1.82, 2.24) is 19.3 Å². The number of aryl methyl sites for hydroxylation is 1. The molecule has 0 bridgehead atoms. The van der Waals surface area contributed by atoms with Gasteiger partial charge < -0.3 is 4.57 Å². The largest absolute Gasteiger partial charge is 0.323 e. The molecule has 0 atom stereocenters. The second kappa shape index (κ2) is 5.04. The number of rotatable bonds is 2. The van der Waals surface area contributed by atoms with Crippen molar-refractivity contribution in [2.75, 3.05) is 0 Å². The Kier molecular flexibility index (Phi) is 2.99. The molecule has 0 fully saturated rings. The summed E-state index contributed by atoms with van der Waals surface area (Å²) < 4.78 is 4.21. The first kappa shape index (κ1) is 13.7. The SMILES string of the molecule is Cn1c2ncsc2c2cnn(Cc3cccc(C#N)c3)c(=O)c21. The molecule has 0 radical (unpaired) electrons. The highest BCUT2D eigenvalue weighted by Crippen LogP contribution is 2.27. The third-order valence-electron chi connectivity index (χ3n) is 3.85. The van der Waals surface area contributed by atoms with Gasteiger partial charge in [0.1, 0.15) is 5.52 Å². The number of hydrogen-bond donors (Lipinski definition) is 0. The van der Waals surface area contributed by atoms with Crippen LogP contribution in [0, 0.1) is 11.3 Å². The second-order valence-electron chi connectivity index (χ2n) is 5.25. The topological polar surface area (TPSA) is 76.5 Å². The van der Waals surface area contributed by atoms with Gasteiger partial charge in [0.25, 0.3) is 5.56 Å². The first-order chi connectivity index (χ1) is 11.2. The van der Waals surface area contributed by atoms with Crippen LogP contribution in [-0.2, 0) is 13.6 Å². The molecule has 0 N–H and O–H groups in total. The van der Waals surface area contributed by atoms with Crippen molar-refractivity contribution in [3.8, 4) is 6.07 Å². The summed E-state index contributed by atoms with van der Waals surface area (Å²) in [5.74, 6) is 0. The quantitative estimate of drug-likeness (QED) is 0.567. The lowest BCUT2D eigenvalue weighted by Crippen LogP contribution is -2.24. The van der Waals surface area contributed by atoms with E-state index in [1.807, 2.05) is 17.7 Å². The monoisotopic (exact) mass is 321 g/mol. The summed E-state index contributed by atoms with van der Waals surface area (Å²) >= 11 is 1.50. The Morgan fingerprint density at radius 3 is 3.09 bits per heavy atom. The van der Waals surface area contributed by atoms with Crippen LogP contribution in [0.1, 0.15) is 11.1 Å². The maximum absolute atomic E-state index is 12.8. The predicted octanol–water partition coefficient (Wildman–Crippen LogP) is 2.26. The van der Waals surface area contributed by atoms with E-state index in [9.17, 15) is 4.79 Å². The van der Waals surface area contributed by atoms with Crippen molar-refractivity contribution in [3.05, 3.63) is 57.5 Å². The molecule has 4 aromatic rings. The number of nitriles is 1. The summed E-state index contributed by atoms with van der Waals surface area (Å²) in [7, 11) is 1.84. The highest BCUT2D eigenvalue weighted by atomic mass is 32.1. The minimum absolute atomic E-state index is 0.155. The number of thiazole rings is 1. The van der Waals surface area contributed by atoms with Gasteiger partial charge >= 0.3 is 0 Å². The molecular weight excluding hydrogens is 310 g/mol. The molecule has 23 heavy (non-hydrogen) atoms. The highest BCUT2D eigenvalue weighted by Gasteiger charge is 2.15. The van der Waals surface area contributed by atoms with Gasteiger partial charge in [0, 0.05) is 12.4 Å². The van der Waals surface area contributed by atoms with E-state index in [1.54, 1.807) is 29.9 Å². The number of benzene rings is 1.